The third-order valence-corrected chi connectivity index (χ3v) is 5.01. The molecule has 2 fully saturated rings. The van der Waals surface area contributed by atoms with E-state index in [1.165, 1.54) is 12.1 Å². The van der Waals surface area contributed by atoms with Gasteiger partial charge in [0.05, 0.1) is 6.10 Å². The number of halogens is 2. The quantitative estimate of drug-likeness (QED) is 0.898. The van der Waals surface area contributed by atoms with Crippen LogP contribution in [-0.4, -0.2) is 39.8 Å². The molecular formula is C18H21F2N3O2. The summed E-state index contributed by atoms with van der Waals surface area (Å²) in [6.07, 6.45) is 3.17. The van der Waals surface area contributed by atoms with Crippen LogP contribution >= 0.6 is 0 Å². The molecule has 1 aliphatic heterocycles. The maximum absolute atomic E-state index is 13.8. The summed E-state index contributed by atoms with van der Waals surface area (Å²) in [6, 6.07) is 3.27. The molecule has 1 aromatic heterocycles. The van der Waals surface area contributed by atoms with Crippen molar-refractivity contribution >= 4 is 0 Å². The molecule has 0 radical (unpaired) electrons. The number of rotatable bonds is 5. The van der Waals surface area contributed by atoms with E-state index in [2.05, 4.69) is 15.0 Å². The van der Waals surface area contributed by atoms with Gasteiger partial charge in [0, 0.05) is 36.6 Å². The summed E-state index contributed by atoms with van der Waals surface area (Å²) in [6.45, 7) is 1.82. The zero-order chi connectivity index (χ0) is 17.4. The van der Waals surface area contributed by atoms with Gasteiger partial charge in [0.15, 0.2) is 5.82 Å². The largest absolute Gasteiger partial charge is 0.387 e. The molecule has 1 aromatic carbocycles. The number of hydrogen-bond donors (Lipinski definition) is 1. The van der Waals surface area contributed by atoms with Gasteiger partial charge < -0.3 is 9.63 Å². The molecular weight excluding hydrogens is 328 g/mol. The Kier molecular flexibility index (Phi) is 4.52. The number of piperidine rings is 1. The molecule has 1 aliphatic carbocycles. The zero-order valence-corrected chi connectivity index (χ0v) is 13.9. The van der Waals surface area contributed by atoms with Gasteiger partial charge >= 0.3 is 0 Å². The van der Waals surface area contributed by atoms with Crippen molar-refractivity contribution < 1.29 is 18.4 Å². The molecule has 2 unspecified atom stereocenters. The number of aromatic nitrogens is 2. The van der Waals surface area contributed by atoms with E-state index >= 15 is 0 Å². The molecule has 1 N–H and O–H groups in total. The zero-order valence-electron chi connectivity index (χ0n) is 13.9. The predicted molar refractivity (Wildman–Crippen MR) is 86.0 cm³/mol. The van der Waals surface area contributed by atoms with Gasteiger partial charge in [-0.25, -0.2) is 8.78 Å². The highest BCUT2D eigenvalue weighted by atomic mass is 19.1. The molecule has 2 aliphatic rings. The van der Waals surface area contributed by atoms with Gasteiger partial charge in [-0.1, -0.05) is 11.2 Å². The Morgan fingerprint density at radius 2 is 2.08 bits per heavy atom. The van der Waals surface area contributed by atoms with Crippen LogP contribution in [0, 0.1) is 11.6 Å². The Morgan fingerprint density at radius 3 is 2.84 bits per heavy atom. The first kappa shape index (κ1) is 16.6. The maximum Gasteiger partial charge on any atom is 0.229 e. The molecule has 0 spiro atoms. The number of likely N-dealkylation sites (tertiary alicyclic amines) is 1. The summed E-state index contributed by atoms with van der Waals surface area (Å²) in [5, 5.41) is 14.5. The number of benzene rings is 1. The van der Waals surface area contributed by atoms with Crippen molar-refractivity contribution in [3.8, 4) is 0 Å². The van der Waals surface area contributed by atoms with E-state index in [0.29, 0.717) is 19.0 Å². The normalized spacial score (nSPS) is 22.9. The van der Waals surface area contributed by atoms with Crippen LogP contribution in [0.4, 0.5) is 8.78 Å². The minimum Gasteiger partial charge on any atom is -0.387 e. The molecule has 1 saturated heterocycles. The highest BCUT2D eigenvalue weighted by Gasteiger charge is 2.32. The van der Waals surface area contributed by atoms with Gasteiger partial charge in [0.2, 0.25) is 5.89 Å². The number of hydrogen-bond acceptors (Lipinski definition) is 5. The summed E-state index contributed by atoms with van der Waals surface area (Å²) in [5.41, 5.74) is 0.124. The third-order valence-electron chi connectivity index (χ3n) is 5.01. The fourth-order valence-electron chi connectivity index (χ4n) is 3.46. The second kappa shape index (κ2) is 6.80. The first-order chi connectivity index (χ1) is 12.1. The number of β-amino-alcohol motifs (C(OH)–C–C–N with tert-alkyl or cyclic N) is 1. The van der Waals surface area contributed by atoms with Crippen molar-refractivity contribution in [2.45, 2.75) is 43.6 Å². The molecule has 0 bridgehead atoms. The van der Waals surface area contributed by atoms with Crippen LogP contribution in [0.15, 0.2) is 22.7 Å². The second-order valence-corrected chi connectivity index (χ2v) is 7.05. The highest BCUT2D eigenvalue weighted by Crippen LogP contribution is 2.39. The second-order valence-electron chi connectivity index (χ2n) is 7.05. The number of aliphatic hydroxyl groups is 1. The molecule has 0 amide bonds. The van der Waals surface area contributed by atoms with E-state index in [1.807, 2.05) is 0 Å². The summed E-state index contributed by atoms with van der Waals surface area (Å²) in [4.78, 5) is 6.60. The smallest absolute Gasteiger partial charge is 0.229 e. The van der Waals surface area contributed by atoms with Crippen LogP contribution < -0.4 is 0 Å². The average Bonchev–Trinajstić information content (AvgIpc) is 3.32. The standard InChI is InChI=1S/C18H21F2N3O2/c19-13-5-6-14(15(20)8-13)16(24)10-23-7-1-2-12(9-23)17-21-18(25-22-17)11-3-4-11/h5-6,8,11-12,16,24H,1-4,7,9-10H2. The minimum absolute atomic E-state index is 0.124. The van der Waals surface area contributed by atoms with Crippen molar-refractivity contribution in [3.63, 3.8) is 0 Å². The van der Waals surface area contributed by atoms with Crippen molar-refractivity contribution in [3.05, 3.63) is 47.1 Å². The lowest BCUT2D eigenvalue weighted by atomic mass is 9.96. The van der Waals surface area contributed by atoms with Crippen molar-refractivity contribution in [2.75, 3.05) is 19.6 Å². The van der Waals surface area contributed by atoms with Gasteiger partial charge in [-0.05, 0) is 38.3 Å². The van der Waals surface area contributed by atoms with Gasteiger partial charge in [-0.3, -0.25) is 4.90 Å². The first-order valence-corrected chi connectivity index (χ1v) is 8.79. The van der Waals surface area contributed by atoms with E-state index in [4.69, 9.17) is 4.52 Å². The summed E-state index contributed by atoms with van der Waals surface area (Å²) < 4.78 is 32.2. The highest BCUT2D eigenvalue weighted by molar-refractivity contribution is 5.21. The van der Waals surface area contributed by atoms with E-state index in [9.17, 15) is 13.9 Å². The molecule has 2 atom stereocenters. The van der Waals surface area contributed by atoms with E-state index < -0.39 is 17.7 Å². The van der Waals surface area contributed by atoms with Gasteiger partial charge in [-0.2, -0.15) is 4.98 Å². The molecule has 7 heteroatoms. The van der Waals surface area contributed by atoms with E-state index in [1.54, 1.807) is 0 Å². The molecule has 1 saturated carbocycles. The minimum atomic E-state index is -0.994. The number of aliphatic hydroxyl groups excluding tert-OH is 1. The van der Waals surface area contributed by atoms with E-state index in [0.717, 1.165) is 50.0 Å². The maximum atomic E-state index is 13.8. The van der Waals surface area contributed by atoms with Crippen molar-refractivity contribution in [2.24, 2.45) is 0 Å². The van der Waals surface area contributed by atoms with Gasteiger partial charge in [0.25, 0.3) is 0 Å². The lowest BCUT2D eigenvalue weighted by Gasteiger charge is -2.32. The molecule has 5 nitrogen and oxygen atoms in total. The van der Waals surface area contributed by atoms with Crippen LogP contribution in [-0.2, 0) is 0 Å². The van der Waals surface area contributed by atoms with Crippen LogP contribution in [0.2, 0.25) is 0 Å². The summed E-state index contributed by atoms with van der Waals surface area (Å²) >= 11 is 0. The molecule has 2 heterocycles. The lowest BCUT2D eigenvalue weighted by Crippen LogP contribution is -2.37. The topological polar surface area (TPSA) is 62.4 Å². The van der Waals surface area contributed by atoms with Crippen molar-refractivity contribution in [1.29, 1.82) is 0 Å². The van der Waals surface area contributed by atoms with E-state index in [-0.39, 0.29) is 11.5 Å². The Bertz CT molecular complexity index is 748. The predicted octanol–water partition coefficient (Wildman–Crippen LogP) is 3.14. The molecule has 4 rings (SSSR count). The Balaban J connectivity index is 1.40. The van der Waals surface area contributed by atoms with Crippen LogP contribution in [0.1, 0.15) is 60.9 Å². The molecule has 25 heavy (non-hydrogen) atoms. The van der Waals surface area contributed by atoms with Crippen LogP contribution in [0.25, 0.3) is 0 Å². The number of nitrogens with zero attached hydrogens (tertiary/aromatic N) is 3. The average molecular weight is 349 g/mol. The SMILES string of the molecule is OC(CN1CCCC(c2noc(C3CC3)n2)C1)c1ccc(F)cc1F. The first-order valence-electron chi connectivity index (χ1n) is 8.79. The molecule has 134 valence electrons. The van der Waals surface area contributed by atoms with Crippen molar-refractivity contribution in [1.82, 2.24) is 15.0 Å². The fraction of sp³-hybridized carbons (Fsp3) is 0.556. The van der Waals surface area contributed by atoms with Gasteiger partial charge in [0.1, 0.15) is 11.6 Å². The van der Waals surface area contributed by atoms with Crippen LogP contribution in [0.5, 0.6) is 0 Å². The summed E-state index contributed by atoms with van der Waals surface area (Å²) in [7, 11) is 0. The Labute approximate surface area is 144 Å². The monoisotopic (exact) mass is 349 g/mol. The molecule has 2 aromatic rings. The van der Waals surface area contributed by atoms with Crippen LogP contribution in [0.3, 0.4) is 0 Å². The Hall–Kier alpha value is -1.86. The Morgan fingerprint density at radius 1 is 1.24 bits per heavy atom. The fourth-order valence-corrected chi connectivity index (χ4v) is 3.46. The lowest BCUT2D eigenvalue weighted by molar-refractivity contribution is 0.0917. The summed E-state index contributed by atoms with van der Waals surface area (Å²) in [5.74, 6) is 0.706. The van der Waals surface area contributed by atoms with Gasteiger partial charge in [-0.15, -0.1) is 0 Å². The third kappa shape index (κ3) is 3.72.